The molecule has 2 aliphatic rings. The fourth-order valence-corrected chi connectivity index (χ4v) is 3.60. The van der Waals surface area contributed by atoms with E-state index in [4.69, 9.17) is 4.74 Å². The van der Waals surface area contributed by atoms with Crippen molar-refractivity contribution < 1.29 is 18.7 Å². The predicted octanol–water partition coefficient (Wildman–Crippen LogP) is 2.79. The number of nitrogens with zero attached hydrogens (tertiary/aromatic N) is 3. The first kappa shape index (κ1) is 17.6. The van der Waals surface area contributed by atoms with E-state index >= 15 is 0 Å². The Morgan fingerprint density at radius 2 is 2.00 bits per heavy atom. The quantitative estimate of drug-likeness (QED) is 0.730. The third-order valence-electron chi connectivity index (χ3n) is 4.50. The van der Waals surface area contributed by atoms with Crippen molar-refractivity contribution in [2.24, 2.45) is 0 Å². The number of rotatable bonds is 1. The molecule has 0 bridgehead atoms. The summed E-state index contributed by atoms with van der Waals surface area (Å²) in [5.74, 6) is -0.306. The van der Waals surface area contributed by atoms with Crippen LogP contribution in [0.2, 0.25) is 0 Å². The van der Waals surface area contributed by atoms with Gasteiger partial charge in [-0.1, -0.05) is 0 Å². The van der Waals surface area contributed by atoms with Gasteiger partial charge in [0.1, 0.15) is 17.1 Å². The number of Topliss-reactive ketones (excluding diaryl/α,β-unsaturated/α-hetero) is 1. The lowest BCUT2D eigenvalue weighted by molar-refractivity contribution is 0.0191. The number of carbonyl (C=O) groups is 2. The molecule has 0 aliphatic carbocycles. The molecule has 1 unspecified atom stereocenters. The van der Waals surface area contributed by atoms with Crippen LogP contribution >= 0.6 is 0 Å². The fourth-order valence-electron chi connectivity index (χ4n) is 3.60. The van der Waals surface area contributed by atoms with Crippen molar-refractivity contribution in [3.05, 3.63) is 23.1 Å². The van der Waals surface area contributed by atoms with Gasteiger partial charge >= 0.3 is 6.09 Å². The highest BCUT2D eigenvalue weighted by atomic mass is 19.1. The zero-order chi connectivity index (χ0) is 18.5. The number of hydrogen-bond acceptors (Lipinski definition) is 5. The van der Waals surface area contributed by atoms with E-state index in [0.29, 0.717) is 25.3 Å². The third kappa shape index (κ3) is 3.32. The minimum absolute atomic E-state index is 0.00490. The second kappa shape index (κ2) is 5.97. The van der Waals surface area contributed by atoms with Crippen LogP contribution < -0.4 is 4.90 Å². The summed E-state index contributed by atoms with van der Waals surface area (Å²) in [6, 6.07) is 1.42. The number of carbonyl (C=O) groups excluding carboxylic acids is 2. The van der Waals surface area contributed by atoms with E-state index in [-0.39, 0.29) is 29.7 Å². The molecule has 0 spiro atoms. The maximum atomic E-state index is 14.1. The molecule has 3 rings (SSSR count). The van der Waals surface area contributed by atoms with Gasteiger partial charge in [-0.3, -0.25) is 4.79 Å². The Kier molecular flexibility index (Phi) is 4.21. The van der Waals surface area contributed by atoms with Gasteiger partial charge in [0.25, 0.3) is 0 Å². The van der Waals surface area contributed by atoms with Crippen LogP contribution in [0.1, 0.15) is 50.7 Å². The average molecular weight is 349 g/mol. The Hall–Kier alpha value is -2.18. The number of pyridine rings is 1. The van der Waals surface area contributed by atoms with Gasteiger partial charge in [-0.15, -0.1) is 0 Å². The van der Waals surface area contributed by atoms with Crippen molar-refractivity contribution >= 4 is 17.7 Å². The van der Waals surface area contributed by atoms with E-state index in [0.717, 1.165) is 5.56 Å². The first-order valence-electron chi connectivity index (χ1n) is 8.53. The third-order valence-corrected chi connectivity index (χ3v) is 4.50. The highest BCUT2D eigenvalue weighted by molar-refractivity contribution is 5.93. The first-order chi connectivity index (χ1) is 11.6. The fraction of sp³-hybridized carbons (Fsp3) is 0.611. The van der Waals surface area contributed by atoms with Crippen molar-refractivity contribution in [1.29, 1.82) is 0 Å². The van der Waals surface area contributed by atoms with Crippen LogP contribution in [0, 0.1) is 5.82 Å². The predicted molar refractivity (Wildman–Crippen MR) is 91.4 cm³/mol. The number of ketones is 1. The number of fused-ring (bicyclic) bond motifs is 3. The SMILES string of the molecule is CC(=O)c1nc2c(cc1F)CC1CN(C(=O)OC(C)(C)C)C[C@@H](C)N21. The summed E-state index contributed by atoms with van der Waals surface area (Å²) in [6.45, 7) is 9.82. The molecule has 1 amide bonds. The first-order valence-corrected chi connectivity index (χ1v) is 8.53. The number of aromatic nitrogens is 1. The van der Waals surface area contributed by atoms with E-state index in [9.17, 15) is 14.0 Å². The number of anilines is 1. The molecular formula is C18H24FN3O3. The van der Waals surface area contributed by atoms with Gasteiger partial charge in [0, 0.05) is 26.1 Å². The molecule has 6 nitrogen and oxygen atoms in total. The second-order valence-corrected chi connectivity index (χ2v) is 7.86. The molecule has 25 heavy (non-hydrogen) atoms. The standard InChI is InChI=1S/C18H24FN3O3/c1-10-8-21(17(24)25-18(3,4)5)9-13-6-12-7-14(19)15(11(2)23)20-16(12)22(10)13/h7,10,13H,6,8-9H2,1-5H3/t10-,13?/m1/s1. The van der Waals surface area contributed by atoms with Gasteiger partial charge in [0.05, 0.1) is 6.04 Å². The van der Waals surface area contributed by atoms with Gasteiger partial charge in [-0.2, -0.15) is 0 Å². The van der Waals surface area contributed by atoms with Crippen LogP contribution in [-0.2, 0) is 11.2 Å². The minimum Gasteiger partial charge on any atom is -0.444 e. The molecule has 0 N–H and O–H groups in total. The van der Waals surface area contributed by atoms with Gasteiger partial charge < -0.3 is 14.5 Å². The highest BCUT2D eigenvalue weighted by Gasteiger charge is 2.42. The highest BCUT2D eigenvalue weighted by Crippen LogP contribution is 2.36. The minimum atomic E-state index is -0.581. The smallest absolute Gasteiger partial charge is 0.410 e. The molecule has 0 saturated carbocycles. The number of ether oxygens (including phenoxy) is 1. The lowest BCUT2D eigenvalue weighted by atomic mass is 10.1. The van der Waals surface area contributed by atoms with E-state index in [1.165, 1.54) is 13.0 Å². The molecule has 136 valence electrons. The van der Waals surface area contributed by atoms with Crippen molar-refractivity contribution in [1.82, 2.24) is 9.88 Å². The molecule has 7 heteroatoms. The van der Waals surface area contributed by atoms with Gasteiger partial charge in [-0.25, -0.2) is 14.2 Å². The molecule has 1 aromatic rings. The largest absolute Gasteiger partial charge is 0.444 e. The van der Waals surface area contributed by atoms with Crippen LogP contribution in [0.15, 0.2) is 6.07 Å². The summed E-state index contributed by atoms with van der Waals surface area (Å²) >= 11 is 0. The molecule has 0 radical (unpaired) electrons. The van der Waals surface area contributed by atoms with Gasteiger partial charge in [0.15, 0.2) is 11.6 Å². The van der Waals surface area contributed by atoms with Crippen LogP contribution in [0.5, 0.6) is 0 Å². The topological polar surface area (TPSA) is 62.7 Å². The monoisotopic (exact) mass is 349 g/mol. The summed E-state index contributed by atoms with van der Waals surface area (Å²) < 4.78 is 19.5. The summed E-state index contributed by atoms with van der Waals surface area (Å²) in [4.78, 5) is 32.1. The Balaban J connectivity index is 1.84. The molecule has 2 atom stereocenters. The summed E-state index contributed by atoms with van der Waals surface area (Å²) in [5, 5.41) is 0. The van der Waals surface area contributed by atoms with Crippen molar-refractivity contribution in [3.63, 3.8) is 0 Å². The molecule has 3 heterocycles. The van der Waals surface area contributed by atoms with E-state index in [1.807, 2.05) is 27.7 Å². The zero-order valence-corrected chi connectivity index (χ0v) is 15.3. The van der Waals surface area contributed by atoms with Crippen LogP contribution in [0.4, 0.5) is 15.0 Å². The zero-order valence-electron chi connectivity index (χ0n) is 15.3. The Labute approximate surface area is 147 Å². The van der Waals surface area contributed by atoms with Crippen molar-refractivity contribution in [2.45, 2.75) is 58.7 Å². The van der Waals surface area contributed by atoms with Gasteiger partial charge in [-0.05, 0) is 45.7 Å². The lowest BCUT2D eigenvalue weighted by Gasteiger charge is -2.43. The van der Waals surface area contributed by atoms with Crippen molar-refractivity contribution in [3.8, 4) is 0 Å². The summed E-state index contributed by atoms with van der Waals surface area (Å²) in [7, 11) is 0. The van der Waals surface area contributed by atoms with Crippen LogP contribution in [0.3, 0.4) is 0 Å². The van der Waals surface area contributed by atoms with E-state index in [1.54, 1.807) is 4.90 Å². The molecular weight excluding hydrogens is 325 g/mol. The van der Waals surface area contributed by atoms with Crippen molar-refractivity contribution in [2.75, 3.05) is 18.0 Å². The number of amides is 1. The average Bonchev–Trinajstić information content (AvgIpc) is 2.81. The van der Waals surface area contributed by atoms with E-state index in [2.05, 4.69) is 9.88 Å². The van der Waals surface area contributed by atoms with E-state index < -0.39 is 11.4 Å². The Morgan fingerprint density at radius 1 is 1.32 bits per heavy atom. The van der Waals surface area contributed by atoms with Gasteiger partial charge in [0.2, 0.25) is 0 Å². The van der Waals surface area contributed by atoms with Crippen LogP contribution in [0.25, 0.3) is 0 Å². The molecule has 2 aliphatic heterocycles. The Morgan fingerprint density at radius 3 is 2.60 bits per heavy atom. The second-order valence-electron chi connectivity index (χ2n) is 7.86. The molecule has 1 fully saturated rings. The Bertz CT molecular complexity index is 729. The normalized spacial score (nSPS) is 22.5. The lowest BCUT2D eigenvalue weighted by Crippen LogP contribution is -2.58. The number of piperazine rings is 1. The van der Waals surface area contributed by atoms with Crippen LogP contribution in [-0.4, -0.2) is 52.5 Å². The number of halogens is 1. The summed E-state index contributed by atoms with van der Waals surface area (Å²) in [6.07, 6.45) is 0.264. The number of hydrogen-bond donors (Lipinski definition) is 0. The maximum Gasteiger partial charge on any atom is 0.410 e. The molecule has 1 aromatic heterocycles. The summed E-state index contributed by atoms with van der Waals surface area (Å²) in [5.41, 5.74) is 0.114. The molecule has 0 aromatic carbocycles. The maximum absolute atomic E-state index is 14.1. The molecule has 1 saturated heterocycles.